The van der Waals surface area contributed by atoms with Gasteiger partial charge in [0.2, 0.25) is 0 Å². The summed E-state index contributed by atoms with van der Waals surface area (Å²) in [5, 5.41) is 0. The minimum Gasteiger partial charge on any atom is -0.464 e. The average molecular weight is 374 g/mol. The first-order valence-electron chi connectivity index (χ1n) is 5.33. The van der Waals surface area contributed by atoms with Crippen LogP contribution in [0.2, 0.25) is 0 Å². The maximum absolute atomic E-state index is 11.7. The van der Waals surface area contributed by atoms with Gasteiger partial charge in [-0.25, -0.2) is 4.79 Å². The molecule has 1 heterocycles. The van der Waals surface area contributed by atoms with E-state index in [1.54, 1.807) is 25.3 Å². The standard InChI is InChI=1S/C13H10Br2O3/c1-2-17-13(16)8-6-9(14)12(10(15)7-8)11-4-3-5-18-11/h3-7H,2H2,1H3. The number of rotatable bonds is 3. The van der Waals surface area contributed by atoms with Crippen molar-refractivity contribution >= 4 is 37.8 Å². The minimum atomic E-state index is -0.343. The second kappa shape index (κ2) is 5.71. The second-order valence-electron chi connectivity index (χ2n) is 3.51. The molecule has 0 fully saturated rings. The molecule has 2 rings (SSSR count). The lowest BCUT2D eigenvalue weighted by atomic mass is 10.1. The third kappa shape index (κ3) is 2.67. The van der Waals surface area contributed by atoms with Crippen molar-refractivity contribution in [3.63, 3.8) is 0 Å². The van der Waals surface area contributed by atoms with E-state index in [-0.39, 0.29) is 5.97 Å². The van der Waals surface area contributed by atoms with Gasteiger partial charge in [0.05, 0.1) is 18.4 Å². The Kier molecular flexibility index (Phi) is 4.24. The normalized spacial score (nSPS) is 10.4. The Morgan fingerprint density at radius 3 is 2.50 bits per heavy atom. The summed E-state index contributed by atoms with van der Waals surface area (Å²) >= 11 is 6.88. The molecule has 0 N–H and O–H groups in total. The van der Waals surface area contributed by atoms with Crippen LogP contribution in [-0.2, 0) is 4.74 Å². The second-order valence-corrected chi connectivity index (χ2v) is 5.22. The van der Waals surface area contributed by atoms with E-state index in [1.807, 2.05) is 12.1 Å². The summed E-state index contributed by atoms with van der Waals surface area (Å²) in [6.07, 6.45) is 1.60. The molecule has 0 bridgehead atoms. The Balaban J connectivity index is 2.45. The van der Waals surface area contributed by atoms with Gasteiger partial charge in [0.25, 0.3) is 0 Å². The van der Waals surface area contributed by atoms with E-state index in [0.717, 1.165) is 20.3 Å². The van der Waals surface area contributed by atoms with Gasteiger partial charge in [-0.15, -0.1) is 0 Å². The van der Waals surface area contributed by atoms with Crippen molar-refractivity contribution in [3.8, 4) is 11.3 Å². The molecule has 0 aliphatic carbocycles. The van der Waals surface area contributed by atoms with Crippen molar-refractivity contribution in [1.29, 1.82) is 0 Å². The van der Waals surface area contributed by atoms with Gasteiger partial charge in [-0.1, -0.05) is 0 Å². The predicted octanol–water partition coefficient (Wildman–Crippen LogP) is 4.65. The third-order valence-corrected chi connectivity index (χ3v) is 3.57. The van der Waals surface area contributed by atoms with Crippen LogP contribution >= 0.6 is 31.9 Å². The number of hydrogen-bond donors (Lipinski definition) is 0. The van der Waals surface area contributed by atoms with Crippen molar-refractivity contribution in [2.75, 3.05) is 6.61 Å². The van der Waals surface area contributed by atoms with Crippen LogP contribution in [0.3, 0.4) is 0 Å². The lowest BCUT2D eigenvalue weighted by Crippen LogP contribution is -2.04. The Bertz CT molecular complexity index is 539. The lowest BCUT2D eigenvalue weighted by Gasteiger charge is -2.08. The number of ether oxygens (including phenoxy) is 1. The van der Waals surface area contributed by atoms with Crippen molar-refractivity contribution in [3.05, 3.63) is 45.0 Å². The SMILES string of the molecule is CCOC(=O)c1cc(Br)c(-c2ccco2)c(Br)c1. The van der Waals surface area contributed by atoms with E-state index in [0.29, 0.717) is 12.2 Å². The highest BCUT2D eigenvalue weighted by molar-refractivity contribution is 9.11. The van der Waals surface area contributed by atoms with E-state index < -0.39 is 0 Å². The van der Waals surface area contributed by atoms with Gasteiger partial charge in [-0.05, 0) is 63.0 Å². The Labute approximate surface area is 121 Å². The van der Waals surface area contributed by atoms with Crippen molar-refractivity contribution in [2.24, 2.45) is 0 Å². The van der Waals surface area contributed by atoms with E-state index in [2.05, 4.69) is 31.9 Å². The molecular weight excluding hydrogens is 364 g/mol. The first-order valence-corrected chi connectivity index (χ1v) is 6.92. The summed E-state index contributed by atoms with van der Waals surface area (Å²) in [6.45, 7) is 2.13. The van der Waals surface area contributed by atoms with Crippen molar-refractivity contribution in [1.82, 2.24) is 0 Å². The number of halogens is 2. The third-order valence-electron chi connectivity index (χ3n) is 2.32. The summed E-state index contributed by atoms with van der Waals surface area (Å²) in [4.78, 5) is 11.7. The zero-order valence-electron chi connectivity index (χ0n) is 9.57. The molecule has 18 heavy (non-hydrogen) atoms. The fraction of sp³-hybridized carbons (Fsp3) is 0.154. The zero-order valence-corrected chi connectivity index (χ0v) is 12.7. The molecule has 0 amide bonds. The molecule has 0 radical (unpaired) electrons. The van der Waals surface area contributed by atoms with Gasteiger partial charge in [0, 0.05) is 14.5 Å². The maximum atomic E-state index is 11.7. The molecule has 1 aromatic carbocycles. The molecule has 5 heteroatoms. The van der Waals surface area contributed by atoms with Crippen LogP contribution in [0.4, 0.5) is 0 Å². The molecule has 0 atom stereocenters. The van der Waals surface area contributed by atoms with E-state index >= 15 is 0 Å². The molecular formula is C13H10Br2O3. The molecule has 94 valence electrons. The molecule has 0 aliphatic heterocycles. The van der Waals surface area contributed by atoms with Gasteiger partial charge >= 0.3 is 5.97 Å². The maximum Gasteiger partial charge on any atom is 0.338 e. The van der Waals surface area contributed by atoms with Crippen LogP contribution in [0.5, 0.6) is 0 Å². The van der Waals surface area contributed by atoms with Crippen LogP contribution in [0.25, 0.3) is 11.3 Å². The quantitative estimate of drug-likeness (QED) is 0.735. The van der Waals surface area contributed by atoms with Gasteiger partial charge in [0.15, 0.2) is 0 Å². The van der Waals surface area contributed by atoms with Gasteiger partial charge in [-0.3, -0.25) is 0 Å². The summed E-state index contributed by atoms with van der Waals surface area (Å²) < 4.78 is 11.9. The summed E-state index contributed by atoms with van der Waals surface area (Å²) in [5.41, 5.74) is 1.36. The van der Waals surface area contributed by atoms with Crippen LogP contribution in [0.1, 0.15) is 17.3 Å². The number of carbonyl (C=O) groups is 1. The highest BCUT2D eigenvalue weighted by Gasteiger charge is 2.15. The number of carbonyl (C=O) groups excluding carboxylic acids is 1. The summed E-state index contributed by atoms with van der Waals surface area (Å²) in [7, 11) is 0. The summed E-state index contributed by atoms with van der Waals surface area (Å²) in [5.74, 6) is 0.383. The van der Waals surface area contributed by atoms with Crippen LogP contribution in [0.15, 0.2) is 43.9 Å². The Morgan fingerprint density at radius 2 is 2.00 bits per heavy atom. The monoisotopic (exact) mass is 372 g/mol. The van der Waals surface area contributed by atoms with Gasteiger partial charge in [-0.2, -0.15) is 0 Å². The summed E-state index contributed by atoms with van der Waals surface area (Å²) in [6, 6.07) is 7.11. The molecule has 0 spiro atoms. The molecule has 0 saturated heterocycles. The van der Waals surface area contributed by atoms with E-state index in [9.17, 15) is 4.79 Å². The van der Waals surface area contributed by atoms with Crippen LogP contribution in [0, 0.1) is 0 Å². The van der Waals surface area contributed by atoms with E-state index in [1.165, 1.54) is 0 Å². The van der Waals surface area contributed by atoms with E-state index in [4.69, 9.17) is 9.15 Å². The number of benzene rings is 1. The molecule has 0 saturated carbocycles. The molecule has 0 aliphatic rings. The topological polar surface area (TPSA) is 39.4 Å². The largest absolute Gasteiger partial charge is 0.464 e. The number of furan rings is 1. The van der Waals surface area contributed by atoms with Crippen molar-refractivity contribution in [2.45, 2.75) is 6.92 Å². The molecule has 0 unspecified atom stereocenters. The molecule has 2 aromatic rings. The zero-order chi connectivity index (χ0) is 13.1. The van der Waals surface area contributed by atoms with Gasteiger partial charge < -0.3 is 9.15 Å². The van der Waals surface area contributed by atoms with Gasteiger partial charge in [0.1, 0.15) is 5.76 Å². The van der Waals surface area contributed by atoms with Crippen LogP contribution < -0.4 is 0 Å². The molecule has 1 aromatic heterocycles. The average Bonchev–Trinajstić information content (AvgIpc) is 2.82. The lowest BCUT2D eigenvalue weighted by molar-refractivity contribution is 0.0526. The number of esters is 1. The number of hydrogen-bond acceptors (Lipinski definition) is 3. The van der Waals surface area contributed by atoms with Crippen LogP contribution in [-0.4, -0.2) is 12.6 Å². The fourth-order valence-electron chi connectivity index (χ4n) is 1.56. The first kappa shape index (κ1) is 13.4. The minimum absolute atomic E-state index is 0.343. The Morgan fingerprint density at radius 1 is 1.33 bits per heavy atom. The highest BCUT2D eigenvalue weighted by atomic mass is 79.9. The smallest absolute Gasteiger partial charge is 0.338 e. The molecule has 3 nitrogen and oxygen atoms in total. The first-order chi connectivity index (χ1) is 8.63. The Hall–Kier alpha value is -1.07. The highest BCUT2D eigenvalue weighted by Crippen LogP contribution is 2.36. The fourth-order valence-corrected chi connectivity index (χ4v) is 3.14. The van der Waals surface area contributed by atoms with Crippen molar-refractivity contribution < 1.29 is 13.9 Å². The predicted molar refractivity (Wildman–Crippen MR) is 75.5 cm³/mol.